The van der Waals surface area contributed by atoms with Crippen molar-refractivity contribution in [2.75, 3.05) is 0 Å². The molecule has 60 valence electrons. The third-order valence-corrected chi connectivity index (χ3v) is 0.940. The lowest BCUT2D eigenvalue weighted by Gasteiger charge is -1.82. The van der Waals surface area contributed by atoms with Crippen molar-refractivity contribution in [2.45, 2.75) is 6.92 Å². The molecule has 0 bridgehead atoms. The van der Waals surface area contributed by atoms with Crippen molar-refractivity contribution >= 4 is 29.7 Å². The fourth-order valence-corrected chi connectivity index (χ4v) is 0.534. The number of carbonyl (C=O) groups excluding carboxylic acids is 1. The number of hydrogen-bond donors (Lipinski definition) is 2. The summed E-state index contributed by atoms with van der Waals surface area (Å²) in [4.78, 5) is 9.17. The zero-order valence-electron chi connectivity index (χ0n) is 6.19. The maximum absolute atomic E-state index is 9.17. The molecular formula is C8H10OS2. The molecular weight excluding hydrogens is 176 g/mol. The SMILES string of the molecule is Cc1ccccc1.O=C(S)S. The van der Waals surface area contributed by atoms with Crippen LogP contribution in [0.1, 0.15) is 5.56 Å². The number of rotatable bonds is 0. The van der Waals surface area contributed by atoms with E-state index in [1.807, 2.05) is 18.2 Å². The fraction of sp³-hybridized carbons (Fsp3) is 0.125. The first kappa shape index (κ1) is 10.6. The molecule has 0 saturated heterocycles. The van der Waals surface area contributed by atoms with E-state index in [9.17, 15) is 4.79 Å². The van der Waals surface area contributed by atoms with Crippen molar-refractivity contribution in [3.63, 3.8) is 0 Å². The molecule has 1 rings (SSSR count). The van der Waals surface area contributed by atoms with Gasteiger partial charge >= 0.3 is 0 Å². The van der Waals surface area contributed by atoms with Crippen LogP contribution in [0.3, 0.4) is 0 Å². The summed E-state index contributed by atoms with van der Waals surface area (Å²) < 4.78 is -0.444. The van der Waals surface area contributed by atoms with Crippen LogP contribution >= 0.6 is 25.3 Å². The zero-order chi connectivity index (χ0) is 8.69. The van der Waals surface area contributed by atoms with Crippen LogP contribution in [0.5, 0.6) is 0 Å². The van der Waals surface area contributed by atoms with Gasteiger partial charge in [0, 0.05) is 0 Å². The highest BCUT2D eigenvalue weighted by Crippen LogP contribution is 1.92. The first-order chi connectivity index (χ1) is 5.13. The molecule has 0 saturated carbocycles. The van der Waals surface area contributed by atoms with Crippen molar-refractivity contribution < 1.29 is 4.79 Å². The molecule has 0 unspecified atom stereocenters. The summed E-state index contributed by atoms with van der Waals surface area (Å²) in [5.74, 6) is 0. The molecule has 0 aromatic heterocycles. The molecule has 1 aromatic rings. The molecule has 3 heteroatoms. The van der Waals surface area contributed by atoms with Gasteiger partial charge < -0.3 is 0 Å². The Kier molecular flexibility index (Phi) is 6.07. The minimum absolute atomic E-state index is 0.444. The van der Waals surface area contributed by atoms with Gasteiger partial charge in [-0.2, -0.15) is 0 Å². The number of aryl methyl sites for hydroxylation is 1. The Morgan fingerprint density at radius 3 is 1.73 bits per heavy atom. The maximum atomic E-state index is 9.17. The second-order valence-electron chi connectivity index (χ2n) is 1.94. The van der Waals surface area contributed by atoms with Gasteiger partial charge in [0.05, 0.1) is 0 Å². The second-order valence-corrected chi connectivity index (χ2v) is 3.10. The average molecular weight is 186 g/mol. The molecule has 0 heterocycles. The summed E-state index contributed by atoms with van der Waals surface area (Å²) >= 11 is 6.38. The molecule has 11 heavy (non-hydrogen) atoms. The average Bonchev–Trinajstić information content (AvgIpc) is 1.87. The van der Waals surface area contributed by atoms with E-state index in [0.717, 1.165) is 0 Å². The Morgan fingerprint density at radius 2 is 1.55 bits per heavy atom. The number of carbonyl (C=O) groups is 1. The first-order valence-corrected chi connectivity index (χ1v) is 3.96. The summed E-state index contributed by atoms with van der Waals surface area (Å²) in [6.45, 7) is 2.08. The fourth-order valence-electron chi connectivity index (χ4n) is 0.534. The van der Waals surface area contributed by atoms with Gasteiger partial charge in [0.15, 0.2) is 0 Å². The molecule has 0 aliphatic rings. The van der Waals surface area contributed by atoms with Crippen LogP contribution in [0.2, 0.25) is 0 Å². The topological polar surface area (TPSA) is 17.1 Å². The predicted octanol–water partition coefficient (Wildman–Crippen LogP) is 2.96. The van der Waals surface area contributed by atoms with Crippen LogP contribution in [-0.4, -0.2) is 4.45 Å². The van der Waals surface area contributed by atoms with E-state index in [-0.39, 0.29) is 0 Å². The minimum Gasteiger partial charge on any atom is -0.275 e. The molecule has 0 N–H and O–H groups in total. The van der Waals surface area contributed by atoms with Crippen LogP contribution < -0.4 is 0 Å². The predicted molar refractivity (Wildman–Crippen MR) is 54.5 cm³/mol. The quantitative estimate of drug-likeness (QED) is 0.596. The van der Waals surface area contributed by atoms with Crippen molar-refractivity contribution in [3.8, 4) is 0 Å². The van der Waals surface area contributed by atoms with Crippen LogP contribution in [0.25, 0.3) is 0 Å². The van der Waals surface area contributed by atoms with E-state index >= 15 is 0 Å². The Hall–Kier alpha value is -0.410. The van der Waals surface area contributed by atoms with Gasteiger partial charge in [-0.3, -0.25) is 4.79 Å². The lowest BCUT2D eigenvalue weighted by molar-refractivity contribution is 0.277. The molecule has 0 fully saturated rings. The minimum atomic E-state index is -0.444. The summed E-state index contributed by atoms with van der Waals surface area (Å²) in [6.07, 6.45) is 0. The number of thiol groups is 2. The highest BCUT2D eigenvalue weighted by Gasteiger charge is 1.72. The van der Waals surface area contributed by atoms with Crippen LogP contribution in [0.15, 0.2) is 30.3 Å². The molecule has 0 spiro atoms. The summed E-state index contributed by atoms with van der Waals surface area (Å²) in [5.41, 5.74) is 1.32. The van der Waals surface area contributed by atoms with E-state index < -0.39 is 4.45 Å². The van der Waals surface area contributed by atoms with Crippen molar-refractivity contribution in [2.24, 2.45) is 0 Å². The number of hydrogen-bond acceptors (Lipinski definition) is 1. The molecule has 1 nitrogen and oxygen atoms in total. The molecule has 0 atom stereocenters. The molecule has 0 amide bonds. The standard InChI is InChI=1S/C7H8.CH2OS2/c1-7-5-3-2-4-6-7;2-1(3)4/h2-6H,1H3;(H2,2,3,4). The first-order valence-electron chi connectivity index (χ1n) is 3.06. The Bertz CT molecular complexity index is 205. The van der Waals surface area contributed by atoms with Gasteiger partial charge in [-0.25, -0.2) is 0 Å². The maximum Gasteiger partial charge on any atom is 0.239 e. The molecule has 0 aliphatic heterocycles. The van der Waals surface area contributed by atoms with E-state index in [4.69, 9.17) is 0 Å². The van der Waals surface area contributed by atoms with Crippen LogP contribution in [-0.2, 0) is 0 Å². The van der Waals surface area contributed by atoms with Gasteiger partial charge in [0.1, 0.15) is 0 Å². The highest BCUT2D eigenvalue weighted by atomic mass is 32.2. The van der Waals surface area contributed by atoms with Crippen molar-refractivity contribution in [3.05, 3.63) is 35.9 Å². The summed E-state index contributed by atoms with van der Waals surface area (Å²) in [5, 5.41) is 0. The van der Waals surface area contributed by atoms with E-state index in [1.54, 1.807) is 0 Å². The Labute approximate surface area is 77.6 Å². The lowest BCUT2D eigenvalue weighted by atomic mass is 10.2. The van der Waals surface area contributed by atoms with Crippen molar-refractivity contribution in [1.82, 2.24) is 0 Å². The van der Waals surface area contributed by atoms with E-state index in [1.165, 1.54) is 5.56 Å². The zero-order valence-corrected chi connectivity index (χ0v) is 7.98. The Morgan fingerprint density at radius 1 is 1.18 bits per heavy atom. The second kappa shape index (κ2) is 6.31. The molecule has 0 aliphatic carbocycles. The van der Waals surface area contributed by atoms with Gasteiger partial charge in [-0.15, -0.1) is 0 Å². The van der Waals surface area contributed by atoms with Crippen LogP contribution in [0.4, 0.5) is 4.79 Å². The van der Waals surface area contributed by atoms with E-state index in [2.05, 4.69) is 44.3 Å². The molecule has 1 aromatic carbocycles. The van der Waals surface area contributed by atoms with Gasteiger partial charge in [-0.05, 0) is 6.92 Å². The largest absolute Gasteiger partial charge is 0.275 e. The third kappa shape index (κ3) is 9.59. The van der Waals surface area contributed by atoms with E-state index in [0.29, 0.717) is 0 Å². The normalized spacial score (nSPS) is 7.91. The van der Waals surface area contributed by atoms with Gasteiger partial charge in [-0.1, -0.05) is 61.2 Å². The lowest BCUT2D eigenvalue weighted by Crippen LogP contribution is -1.62. The van der Waals surface area contributed by atoms with Gasteiger partial charge in [0.2, 0.25) is 4.45 Å². The highest BCUT2D eigenvalue weighted by molar-refractivity contribution is 8.23. The van der Waals surface area contributed by atoms with Crippen LogP contribution in [0, 0.1) is 6.92 Å². The smallest absolute Gasteiger partial charge is 0.239 e. The number of benzene rings is 1. The molecule has 0 radical (unpaired) electrons. The Balaban J connectivity index is 0.000000218. The van der Waals surface area contributed by atoms with Gasteiger partial charge in [0.25, 0.3) is 0 Å². The summed E-state index contributed by atoms with van der Waals surface area (Å²) in [7, 11) is 0. The third-order valence-electron chi connectivity index (χ3n) is 0.940. The van der Waals surface area contributed by atoms with Crippen molar-refractivity contribution in [1.29, 1.82) is 0 Å². The monoisotopic (exact) mass is 186 g/mol. The summed E-state index contributed by atoms with van der Waals surface area (Å²) in [6, 6.07) is 10.3.